The van der Waals surface area contributed by atoms with Gasteiger partial charge >= 0.3 is 18.9 Å². The van der Waals surface area contributed by atoms with Crippen molar-refractivity contribution in [3.63, 3.8) is 0 Å². The molecule has 5 fully saturated rings. The Kier molecular flexibility index (Phi) is 10.6. The summed E-state index contributed by atoms with van der Waals surface area (Å²) in [6.45, 7) is 15.8. The molecule has 0 aromatic carbocycles. The Balaban J connectivity index is 0.00000220. The monoisotopic (exact) mass is 554 g/mol. The van der Waals surface area contributed by atoms with Crippen LogP contribution in [0.15, 0.2) is 0 Å². The van der Waals surface area contributed by atoms with E-state index in [1.807, 2.05) is 0 Å². The summed E-state index contributed by atoms with van der Waals surface area (Å²) in [5.74, 6) is 4.16. The van der Waals surface area contributed by atoms with E-state index in [0.717, 1.165) is 48.9 Å². The number of ether oxygens (including phenoxy) is 2. The first-order valence-electron chi connectivity index (χ1n) is 16.0. The number of rotatable bonds is 11. The Morgan fingerprint density at radius 3 is 2.45 bits per heavy atom. The van der Waals surface area contributed by atoms with Crippen LogP contribution < -0.4 is 18.9 Å². The topological polar surface area (TPSA) is 91.9 Å². The number of fused-ring (bicyclic) bond motifs is 4. The number of nitrogens with zero attached hydrogens (tertiary/aromatic N) is 1. The van der Waals surface area contributed by atoms with Crippen LogP contribution in [0.2, 0.25) is 0 Å². The number of hydrogen-bond donors (Lipinski definition) is 0. The molecule has 0 aromatic heterocycles. The molecule has 1 saturated heterocycles. The fourth-order valence-electron chi connectivity index (χ4n) is 10.8. The van der Waals surface area contributed by atoms with E-state index in [-0.39, 0.29) is 48.0 Å². The van der Waals surface area contributed by atoms with Crippen LogP contribution in [0.1, 0.15) is 112 Å². The van der Waals surface area contributed by atoms with E-state index in [2.05, 4.69) is 41.5 Å². The molecule has 0 aromatic rings. The van der Waals surface area contributed by atoms with Gasteiger partial charge in [0.25, 0.3) is 0 Å². The zero-order valence-corrected chi connectivity index (χ0v) is 27.0. The molecular formula is C33H57LiNO5-. The fourth-order valence-corrected chi connectivity index (χ4v) is 10.8. The number of hydrogen-bond acceptors (Lipinski definition) is 5. The van der Waals surface area contributed by atoms with E-state index in [1.54, 1.807) is 6.29 Å². The summed E-state index contributed by atoms with van der Waals surface area (Å²) in [4.78, 5) is 10.7. The Bertz CT molecular complexity index is 885. The zero-order valence-electron chi connectivity index (χ0n) is 27.0. The maximum Gasteiger partial charge on any atom is 1.00 e. The maximum atomic E-state index is 12.3. The van der Waals surface area contributed by atoms with Gasteiger partial charge in [0, 0.05) is 11.8 Å². The van der Waals surface area contributed by atoms with E-state index in [9.17, 15) is 10.0 Å². The van der Waals surface area contributed by atoms with Crippen molar-refractivity contribution < 1.29 is 43.3 Å². The molecule has 7 heteroatoms. The zero-order chi connectivity index (χ0) is 27.6. The summed E-state index contributed by atoms with van der Waals surface area (Å²) in [6.07, 6.45) is 16.4. The van der Waals surface area contributed by atoms with E-state index < -0.39 is 4.65 Å². The Morgan fingerprint density at radius 2 is 1.77 bits per heavy atom. The molecule has 0 radical (unpaired) electrons. The van der Waals surface area contributed by atoms with E-state index >= 15 is 0 Å². The van der Waals surface area contributed by atoms with Crippen molar-refractivity contribution >= 4 is 6.29 Å². The Hall–Kier alpha value is 0.0674. The normalized spacial score (nSPS) is 45.5. The van der Waals surface area contributed by atoms with Gasteiger partial charge in [-0.3, -0.25) is 0 Å². The van der Waals surface area contributed by atoms with Crippen LogP contribution in [-0.2, 0) is 14.3 Å². The van der Waals surface area contributed by atoms with Gasteiger partial charge in [0.2, 0.25) is 0 Å². The Morgan fingerprint density at radius 1 is 1.05 bits per heavy atom. The van der Waals surface area contributed by atoms with Gasteiger partial charge in [-0.05, 0) is 91.9 Å². The van der Waals surface area contributed by atoms with Crippen molar-refractivity contribution in [2.75, 3.05) is 26.7 Å². The van der Waals surface area contributed by atoms with Crippen LogP contribution in [0.5, 0.6) is 0 Å². The largest absolute Gasteiger partial charge is 1.00 e. The number of epoxide rings is 1. The third kappa shape index (κ3) is 5.55. The molecule has 1 N–H and O–H groups in total. The standard InChI is InChI=1S/C33H56NO4.Li.H2O/c1-23(2)9-8-10-24(3)26-11-12-27-28-21-29-33(38-29)22-25(37-20-18-34(7,36)17-19-35)13-14-32(33,6)31(28,5)16-15-30(26,27)4;;/h23-29H,8-18,20-22H2,1-7H3;;1H2/q-1;+1;/p-1/t24-,25+,26-,27+,28+,29?,30-,31+,32-,33?,34?;;/m1../s1. The van der Waals surface area contributed by atoms with Gasteiger partial charge in [0.15, 0.2) is 0 Å². The molecular weight excluding hydrogens is 497 g/mol. The number of quaternary nitrogens is 1. The first-order chi connectivity index (χ1) is 17.8. The maximum absolute atomic E-state index is 12.3. The number of likely N-dealkylation sites (N-methyl/N-ethyl adjacent to an activating group) is 1. The van der Waals surface area contributed by atoms with Gasteiger partial charge < -0.3 is 29.6 Å². The molecule has 3 unspecified atom stereocenters. The SMILES string of the molecule is CC(C)CCC[C@@H](C)[C@H]1CC[C@H]2[C@@H]3CC4OC45C[C@@H](OCC[N+](C)([O-])C[C-]=O)CC[C@]5(C)[C@@]3(C)CC[C@]12C.[Li+].[OH-]. The second-order valence-electron chi connectivity index (χ2n) is 15.7. The molecule has 6 nitrogen and oxygen atoms in total. The summed E-state index contributed by atoms with van der Waals surface area (Å²) < 4.78 is 12.4. The van der Waals surface area contributed by atoms with Gasteiger partial charge in [0.05, 0.1) is 25.9 Å². The minimum atomic E-state index is -0.602. The van der Waals surface area contributed by atoms with E-state index in [1.165, 1.54) is 58.4 Å². The summed E-state index contributed by atoms with van der Waals surface area (Å²) in [5.41, 5.74) is 0.985. The quantitative estimate of drug-likeness (QED) is 0.127. The van der Waals surface area contributed by atoms with Gasteiger partial charge in [-0.15, -0.1) is 0 Å². The van der Waals surface area contributed by atoms with Crippen LogP contribution in [0, 0.1) is 51.0 Å². The second kappa shape index (κ2) is 12.2. The molecule has 0 amide bonds. The van der Waals surface area contributed by atoms with Crippen LogP contribution in [0.4, 0.5) is 0 Å². The minimum Gasteiger partial charge on any atom is -0.870 e. The van der Waals surface area contributed by atoms with Crippen LogP contribution in [-0.4, -0.2) is 61.0 Å². The molecule has 5 aliphatic rings. The first-order valence-corrected chi connectivity index (χ1v) is 16.0. The van der Waals surface area contributed by atoms with Crippen molar-refractivity contribution in [2.45, 2.75) is 130 Å². The van der Waals surface area contributed by atoms with Crippen molar-refractivity contribution in [1.29, 1.82) is 0 Å². The summed E-state index contributed by atoms with van der Waals surface area (Å²) in [6, 6.07) is 0. The first kappa shape index (κ1) is 34.6. The van der Waals surface area contributed by atoms with Crippen molar-refractivity contribution in [3.05, 3.63) is 5.21 Å². The molecule has 4 saturated carbocycles. The summed E-state index contributed by atoms with van der Waals surface area (Å²) in [7, 11) is 1.53. The van der Waals surface area contributed by atoms with Gasteiger partial charge in [-0.25, -0.2) is 6.29 Å². The molecule has 4 aliphatic carbocycles. The van der Waals surface area contributed by atoms with Crippen LogP contribution in [0.3, 0.4) is 0 Å². The number of carbonyl (C=O) groups excluding carboxylic acids is 1. The molecule has 11 atom stereocenters. The van der Waals surface area contributed by atoms with E-state index in [4.69, 9.17) is 9.47 Å². The minimum absolute atomic E-state index is 0. The smallest absolute Gasteiger partial charge is 0.870 e. The summed E-state index contributed by atoms with van der Waals surface area (Å²) >= 11 is 0. The van der Waals surface area contributed by atoms with Gasteiger partial charge in [-0.2, -0.15) is 0 Å². The third-order valence-electron chi connectivity index (χ3n) is 13.4. The molecule has 226 valence electrons. The third-order valence-corrected chi connectivity index (χ3v) is 13.4. The average molecular weight is 555 g/mol. The number of hydroxylamine groups is 3. The predicted octanol–water partition coefficient (Wildman–Crippen LogP) is 3.90. The molecule has 1 heterocycles. The molecule has 5 rings (SSSR count). The fraction of sp³-hybridized carbons (Fsp3) is 0.970. The van der Waals surface area contributed by atoms with Crippen molar-refractivity contribution in [3.8, 4) is 0 Å². The van der Waals surface area contributed by atoms with Crippen molar-refractivity contribution in [2.24, 2.45) is 45.8 Å². The van der Waals surface area contributed by atoms with E-state index in [0.29, 0.717) is 30.1 Å². The average Bonchev–Trinajstić information content (AvgIpc) is 3.41. The molecule has 0 bridgehead atoms. The van der Waals surface area contributed by atoms with Crippen molar-refractivity contribution in [1.82, 2.24) is 0 Å². The van der Waals surface area contributed by atoms with Gasteiger partial charge in [-0.1, -0.05) is 60.8 Å². The molecule has 40 heavy (non-hydrogen) atoms. The molecule has 1 spiro atoms. The Labute approximate surface area is 256 Å². The van der Waals surface area contributed by atoms with Gasteiger partial charge in [0.1, 0.15) is 12.1 Å². The van der Waals surface area contributed by atoms with Crippen LogP contribution >= 0.6 is 0 Å². The summed E-state index contributed by atoms with van der Waals surface area (Å²) in [5, 5.41) is 12.3. The molecule has 1 aliphatic heterocycles. The predicted molar refractivity (Wildman–Crippen MR) is 154 cm³/mol. The second-order valence-corrected chi connectivity index (χ2v) is 15.7. The van der Waals surface area contributed by atoms with Crippen LogP contribution in [0.25, 0.3) is 0 Å².